The molecule has 0 amide bonds. The minimum atomic E-state index is -0.173. The van der Waals surface area contributed by atoms with Gasteiger partial charge in [0, 0.05) is 23.8 Å². The molecule has 0 aliphatic carbocycles. The molecule has 4 nitrogen and oxygen atoms in total. The Kier molecular flexibility index (Phi) is 6.64. The summed E-state index contributed by atoms with van der Waals surface area (Å²) >= 11 is 0. The van der Waals surface area contributed by atoms with Crippen LogP contribution in [-0.4, -0.2) is 10.9 Å². The van der Waals surface area contributed by atoms with Gasteiger partial charge >= 0.3 is 17.1 Å². The molecule has 28 heavy (non-hydrogen) atoms. The molecule has 1 aliphatic heterocycles. The van der Waals surface area contributed by atoms with Crippen LogP contribution < -0.4 is 0 Å². The monoisotopic (exact) mass is 412 g/mol. The van der Waals surface area contributed by atoms with E-state index in [-0.39, 0.29) is 23.2 Å². The van der Waals surface area contributed by atoms with Crippen molar-refractivity contribution in [2.24, 2.45) is 5.16 Å². The third-order valence-electron chi connectivity index (χ3n) is 4.41. The maximum absolute atomic E-state index is 5.51. The standard InChI is InChI=1S/C18H15N2O2.C5H5.Fe/c1-12-6-8-14(9-7-12)17-11-16(20-21-17)18-10-15(19-22-18)13-4-2-3-5-13;1-2-4-5-3-1;/h2-9,11,18H,10H2,1H3;1-5H;/q2*-1;+2. The fourth-order valence-corrected chi connectivity index (χ4v) is 2.89. The summed E-state index contributed by atoms with van der Waals surface area (Å²) in [4.78, 5) is 5.51. The molecule has 0 fully saturated rings. The van der Waals surface area contributed by atoms with Crippen molar-refractivity contribution in [3.05, 3.63) is 102 Å². The van der Waals surface area contributed by atoms with Gasteiger partial charge < -0.3 is 9.36 Å². The summed E-state index contributed by atoms with van der Waals surface area (Å²) in [6.07, 6.45) is 0.539. The molecule has 1 aromatic heterocycles. The first-order valence-electron chi connectivity index (χ1n) is 8.95. The van der Waals surface area contributed by atoms with Gasteiger partial charge in [0.1, 0.15) is 5.69 Å². The molecule has 0 radical (unpaired) electrons. The molecule has 0 spiro atoms. The smallest absolute Gasteiger partial charge is 0.386 e. The topological polar surface area (TPSA) is 47.6 Å². The van der Waals surface area contributed by atoms with Crippen LogP contribution in [0.4, 0.5) is 0 Å². The molecule has 5 rings (SSSR count). The number of nitrogens with zero attached hydrogens (tertiary/aromatic N) is 2. The summed E-state index contributed by atoms with van der Waals surface area (Å²) in [5.41, 5.74) is 5.07. The van der Waals surface area contributed by atoms with Gasteiger partial charge in [0.05, 0.1) is 0 Å². The second-order valence-electron chi connectivity index (χ2n) is 6.45. The van der Waals surface area contributed by atoms with Crippen LogP contribution in [-0.2, 0) is 21.9 Å². The average Bonchev–Trinajstić information content (AvgIpc) is 3.51. The van der Waals surface area contributed by atoms with E-state index in [0.717, 1.165) is 28.3 Å². The summed E-state index contributed by atoms with van der Waals surface area (Å²) in [7, 11) is 0. The number of benzene rings is 1. The van der Waals surface area contributed by atoms with Crippen LogP contribution >= 0.6 is 0 Å². The first-order chi connectivity index (χ1) is 13.3. The Bertz CT molecular complexity index is 967. The largest absolute Gasteiger partial charge is 2.00 e. The predicted molar refractivity (Wildman–Crippen MR) is 106 cm³/mol. The van der Waals surface area contributed by atoms with E-state index in [1.54, 1.807) is 0 Å². The zero-order valence-corrected chi connectivity index (χ0v) is 16.5. The molecule has 142 valence electrons. The molecule has 0 saturated carbocycles. The summed E-state index contributed by atoms with van der Waals surface area (Å²) in [6.45, 7) is 2.06. The first-order valence-corrected chi connectivity index (χ1v) is 8.95. The van der Waals surface area contributed by atoms with Crippen LogP contribution in [0.1, 0.15) is 29.3 Å². The Hall–Kier alpha value is -2.88. The molecular formula is C23H20FeN2O2. The quantitative estimate of drug-likeness (QED) is 0.323. The number of rotatable bonds is 3. The molecule has 0 bridgehead atoms. The molecule has 0 saturated heterocycles. The fraction of sp³-hybridized carbons (Fsp3) is 0.130. The summed E-state index contributed by atoms with van der Waals surface area (Å²) in [5, 5.41) is 8.30. The van der Waals surface area contributed by atoms with E-state index in [2.05, 4.69) is 29.4 Å². The van der Waals surface area contributed by atoms with E-state index in [0.29, 0.717) is 6.42 Å². The predicted octanol–water partition coefficient (Wildman–Crippen LogP) is 5.64. The van der Waals surface area contributed by atoms with Crippen molar-refractivity contribution in [2.45, 2.75) is 19.4 Å². The third kappa shape index (κ3) is 4.69. The zero-order chi connectivity index (χ0) is 18.5. The van der Waals surface area contributed by atoms with Crippen LogP contribution in [0.3, 0.4) is 0 Å². The Morgan fingerprint density at radius 3 is 2.39 bits per heavy atom. The normalized spacial score (nSPS) is 15.0. The number of hydrogen-bond acceptors (Lipinski definition) is 4. The van der Waals surface area contributed by atoms with Gasteiger partial charge in [-0.2, -0.15) is 30.3 Å². The van der Waals surface area contributed by atoms with Gasteiger partial charge in [-0.25, -0.2) is 24.3 Å². The number of hydrogen-bond donors (Lipinski definition) is 0. The van der Waals surface area contributed by atoms with Gasteiger partial charge in [0.15, 0.2) is 11.9 Å². The Labute approximate surface area is 175 Å². The second-order valence-corrected chi connectivity index (χ2v) is 6.45. The number of oxime groups is 1. The van der Waals surface area contributed by atoms with Crippen LogP contribution in [0.5, 0.6) is 0 Å². The van der Waals surface area contributed by atoms with E-state index in [4.69, 9.17) is 9.36 Å². The molecule has 3 aromatic carbocycles. The van der Waals surface area contributed by atoms with Gasteiger partial charge in [0.2, 0.25) is 0 Å². The van der Waals surface area contributed by atoms with E-state index in [1.807, 2.05) is 72.8 Å². The van der Waals surface area contributed by atoms with Crippen molar-refractivity contribution in [3.8, 4) is 11.3 Å². The average molecular weight is 412 g/mol. The van der Waals surface area contributed by atoms with Crippen molar-refractivity contribution in [3.63, 3.8) is 0 Å². The zero-order valence-electron chi connectivity index (χ0n) is 15.4. The Morgan fingerprint density at radius 2 is 1.75 bits per heavy atom. The molecule has 5 heteroatoms. The molecule has 1 unspecified atom stereocenters. The SMILES string of the molecule is Cc1ccc(-c2cc(C3CC([c-]4cccc4)=NO3)no2)cc1.[Fe+2].c1cc[cH-]c1. The number of aromatic nitrogens is 1. The summed E-state index contributed by atoms with van der Waals surface area (Å²) in [6, 6.07) is 28.2. The minimum absolute atomic E-state index is 0. The summed E-state index contributed by atoms with van der Waals surface area (Å²) in [5.74, 6) is 0.750. The second kappa shape index (κ2) is 9.36. The molecule has 0 N–H and O–H groups in total. The van der Waals surface area contributed by atoms with Gasteiger partial charge in [-0.1, -0.05) is 35.0 Å². The maximum atomic E-state index is 5.51. The van der Waals surface area contributed by atoms with Gasteiger partial charge in [-0.15, -0.1) is 10.7 Å². The maximum Gasteiger partial charge on any atom is 2.00 e. The molecule has 4 aromatic rings. The van der Waals surface area contributed by atoms with Gasteiger partial charge in [-0.05, 0) is 6.92 Å². The molecular weight excluding hydrogens is 392 g/mol. The van der Waals surface area contributed by atoms with Crippen molar-refractivity contribution >= 4 is 5.71 Å². The van der Waals surface area contributed by atoms with E-state index in [1.165, 1.54) is 5.56 Å². The van der Waals surface area contributed by atoms with Crippen molar-refractivity contribution < 1.29 is 26.4 Å². The van der Waals surface area contributed by atoms with Crippen molar-refractivity contribution in [1.82, 2.24) is 5.16 Å². The minimum Gasteiger partial charge on any atom is -0.386 e. The van der Waals surface area contributed by atoms with E-state index in [9.17, 15) is 0 Å². The first kappa shape index (κ1) is 19.9. The van der Waals surface area contributed by atoms with Crippen molar-refractivity contribution in [1.29, 1.82) is 0 Å². The van der Waals surface area contributed by atoms with Crippen LogP contribution in [0.25, 0.3) is 11.3 Å². The number of aryl methyl sites for hydroxylation is 1. The van der Waals surface area contributed by atoms with Crippen LogP contribution in [0, 0.1) is 6.92 Å². The van der Waals surface area contributed by atoms with E-state index >= 15 is 0 Å². The summed E-state index contributed by atoms with van der Waals surface area (Å²) < 4.78 is 5.45. The van der Waals surface area contributed by atoms with Crippen LogP contribution in [0.15, 0.2) is 94.6 Å². The van der Waals surface area contributed by atoms with Gasteiger partial charge in [0.25, 0.3) is 0 Å². The Balaban J connectivity index is 0.000000329. The Morgan fingerprint density at radius 1 is 1.04 bits per heavy atom. The van der Waals surface area contributed by atoms with Crippen LogP contribution in [0.2, 0.25) is 0 Å². The molecule has 1 atom stereocenters. The molecule has 2 heterocycles. The third-order valence-corrected chi connectivity index (χ3v) is 4.41. The molecule has 1 aliphatic rings. The fourth-order valence-electron chi connectivity index (χ4n) is 2.89. The van der Waals surface area contributed by atoms with Gasteiger partial charge in [-0.3, -0.25) is 0 Å². The van der Waals surface area contributed by atoms with E-state index < -0.39 is 0 Å². The van der Waals surface area contributed by atoms with Crippen molar-refractivity contribution in [2.75, 3.05) is 0 Å².